The van der Waals surface area contributed by atoms with Gasteiger partial charge in [-0.25, -0.2) is 0 Å². The van der Waals surface area contributed by atoms with Crippen molar-refractivity contribution >= 4 is 38.3 Å². The molecule has 0 saturated heterocycles. The Morgan fingerprint density at radius 2 is 1.54 bits per heavy atom. The van der Waals surface area contributed by atoms with Gasteiger partial charge in [0, 0.05) is 5.97 Å². The second kappa shape index (κ2) is 6.75. The molecule has 4 heteroatoms. The summed E-state index contributed by atoms with van der Waals surface area (Å²) in [4.78, 5) is 11.7. The number of benzene rings is 3. The van der Waals surface area contributed by atoms with Gasteiger partial charge in [0.15, 0.2) is 0 Å². The molecule has 0 bridgehead atoms. The first kappa shape index (κ1) is 18.8. The van der Waals surface area contributed by atoms with Crippen LogP contribution in [0, 0.1) is 13.8 Å². The summed E-state index contributed by atoms with van der Waals surface area (Å²) in [6.07, 6.45) is 0. The molecule has 0 radical (unpaired) electrons. The molecule has 0 atom stereocenters. The van der Waals surface area contributed by atoms with E-state index in [-0.39, 0.29) is 37.7 Å². The number of carboxylic acid groups (broad SMARTS) is 1. The maximum atomic E-state index is 11.7. The molecule has 0 aromatic heterocycles. The molecule has 0 aliphatic rings. The SMILES string of the molecule is Cc1ccc2c3c4ccccc4c(C)cc3[c-](C(=O)[O-])c2c1.[Li+].[Li+]. The summed E-state index contributed by atoms with van der Waals surface area (Å²) >= 11 is 0. The van der Waals surface area contributed by atoms with E-state index in [1.165, 1.54) is 0 Å². The van der Waals surface area contributed by atoms with Gasteiger partial charge in [0.1, 0.15) is 0 Å². The van der Waals surface area contributed by atoms with Crippen LogP contribution in [-0.4, -0.2) is 5.97 Å². The van der Waals surface area contributed by atoms with Crippen LogP contribution in [0.15, 0.2) is 48.5 Å². The van der Waals surface area contributed by atoms with Gasteiger partial charge in [-0.2, -0.15) is 0 Å². The van der Waals surface area contributed by atoms with Crippen molar-refractivity contribution < 1.29 is 47.6 Å². The van der Waals surface area contributed by atoms with Gasteiger partial charge < -0.3 is 9.90 Å². The van der Waals surface area contributed by atoms with E-state index in [9.17, 15) is 9.90 Å². The van der Waals surface area contributed by atoms with Crippen molar-refractivity contribution in [2.45, 2.75) is 13.8 Å². The minimum atomic E-state index is -1.11. The van der Waals surface area contributed by atoms with Crippen molar-refractivity contribution in [2.75, 3.05) is 0 Å². The molecular weight excluding hydrogens is 286 g/mol. The third-order valence-electron chi connectivity index (χ3n) is 4.44. The summed E-state index contributed by atoms with van der Waals surface area (Å²) in [7, 11) is 0. The zero-order valence-corrected chi connectivity index (χ0v) is 14.4. The quantitative estimate of drug-likeness (QED) is 0.297. The second-order valence-corrected chi connectivity index (χ2v) is 5.87. The van der Waals surface area contributed by atoms with E-state index in [0.29, 0.717) is 5.56 Å². The smallest absolute Gasteiger partial charge is 0.554 e. The van der Waals surface area contributed by atoms with Crippen LogP contribution in [0.3, 0.4) is 0 Å². The molecule has 4 rings (SSSR count). The van der Waals surface area contributed by atoms with Crippen LogP contribution in [0.2, 0.25) is 0 Å². The van der Waals surface area contributed by atoms with E-state index in [0.717, 1.165) is 43.4 Å². The van der Waals surface area contributed by atoms with Crippen molar-refractivity contribution in [1.29, 1.82) is 0 Å². The van der Waals surface area contributed by atoms with Gasteiger partial charge in [0.25, 0.3) is 0 Å². The summed E-state index contributed by atoms with van der Waals surface area (Å²) in [6.45, 7) is 3.99. The van der Waals surface area contributed by atoms with Crippen molar-refractivity contribution in [3.8, 4) is 0 Å². The number of hydrogen-bond donors (Lipinski definition) is 0. The molecule has 0 spiro atoms. The zero-order chi connectivity index (χ0) is 15.4. The van der Waals surface area contributed by atoms with Gasteiger partial charge >= 0.3 is 37.7 Å². The monoisotopic (exact) mass is 300 g/mol. The summed E-state index contributed by atoms with van der Waals surface area (Å²) in [6, 6.07) is 16.1. The molecule has 0 amide bonds. The summed E-state index contributed by atoms with van der Waals surface area (Å²) < 4.78 is 0. The van der Waals surface area contributed by atoms with Gasteiger partial charge in [0.05, 0.1) is 0 Å². The van der Waals surface area contributed by atoms with Crippen LogP contribution >= 0.6 is 0 Å². The predicted octanol–water partition coefficient (Wildman–Crippen LogP) is -2.15. The average Bonchev–Trinajstić information content (AvgIpc) is 2.80. The van der Waals surface area contributed by atoms with Crippen molar-refractivity contribution in [2.24, 2.45) is 0 Å². The van der Waals surface area contributed by atoms with E-state index in [1.807, 2.05) is 50.2 Å². The molecule has 4 aromatic rings. The minimum Gasteiger partial charge on any atom is -0.554 e. The van der Waals surface area contributed by atoms with E-state index in [2.05, 4.69) is 12.1 Å². The van der Waals surface area contributed by atoms with Gasteiger partial charge in [-0.3, -0.25) is 0 Å². The Bertz CT molecular complexity index is 1080. The Kier molecular flexibility index (Phi) is 5.29. The Labute approximate surface area is 164 Å². The number of aryl methyl sites for hydroxylation is 2. The Morgan fingerprint density at radius 3 is 2.21 bits per heavy atom. The fourth-order valence-corrected chi connectivity index (χ4v) is 3.49. The molecule has 0 aliphatic heterocycles. The van der Waals surface area contributed by atoms with Crippen LogP contribution in [0.1, 0.15) is 21.5 Å². The van der Waals surface area contributed by atoms with Crippen LogP contribution < -0.4 is 42.8 Å². The van der Waals surface area contributed by atoms with Crippen LogP contribution in [0.25, 0.3) is 32.3 Å². The van der Waals surface area contributed by atoms with Gasteiger partial charge in [-0.1, -0.05) is 58.5 Å². The van der Waals surface area contributed by atoms with E-state index >= 15 is 0 Å². The molecule has 2 nitrogen and oxygen atoms in total. The van der Waals surface area contributed by atoms with Crippen molar-refractivity contribution in [3.05, 3.63) is 65.2 Å². The Morgan fingerprint density at radius 1 is 0.875 bits per heavy atom. The first-order valence-electron chi connectivity index (χ1n) is 7.30. The largest absolute Gasteiger partial charge is 1.00 e. The number of carboxylic acids is 1. The topological polar surface area (TPSA) is 40.1 Å². The van der Waals surface area contributed by atoms with E-state index in [4.69, 9.17) is 0 Å². The molecule has 4 aromatic carbocycles. The molecule has 108 valence electrons. The average molecular weight is 300 g/mol. The van der Waals surface area contributed by atoms with E-state index < -0.39 is 5.97 Å². The second-order valence-electron chi connectivity index (χ2n) is 5.87. The predicted molar refractivity (Wildman–Crippen MR) is 88.4 cm³/mol. The Balaban J connectivity index is 0.00000104. The molecule has 0 fully saturated rings. The minimum absolute atomic E-state index is 0. The molecular formula is C20H14Li2O2. The normalized spacial score (nSPS) is 10.6. The molecule has 0 aliphatic carbocycles. The third kappa shape index (κ3) is 2.61. The number of carbonyl (C=O) groups is 1. The number of aromatic carboxylic acids is 1. The molecule has 0 unspecified atom stereocenters. The maximum Gasteiger partial charge on any atom is 1.00 e. The summed E-state index contributed by atoms with van der Waals surface area (Å²) in [5, 5.41) is 17.5. The van der Waals surface area contributed by atoms with E-state index in [1.54, 1.807) is 0 Å². The van der Waals surface area contributed by atoms with Crippen LogP contribution in [0.4, 0.5) is 0 Å². The van der Waals surface area contributed by atoms with Crippen LogP contribution in [0.5, 0.6) is 0 Å². The van der Waals surface area contributed by atoms with Crippen molar-refractivity contribution in [1.82, 2.24) is 0 Å². The number of carbonyl (C=O) groups excluding carboxylic acids is 1. The van der Waals surface area contributed by atoms with Gasteiger partial charge in [-0.15, -0.1) is 33.7 Å². The number of rotatable bonds is 1. The van der Waals surface area contributed by atoms with Crippen molar-refractivity contribution in [3.63, 3.8) is 0 Å². The molecule has 0 N–H and O–H groups in total. The number of fused-ring (bicyclic) bond motifs is 5. The first-order valence-corrected chi connectivity index (χ1v) is 7.30. The summed E-state index contributed by atoms with van der Waals surface area (Å²) in [5.74, 6) is -1.11. The maximum absolute atomic E-state index is 11.7. The zero-order valence-electron chi connectivity index (χ0n) is 14.4. The van der Waals surface area contributed by atoms with Gasteiger partial charge in [0.2, 0.25) is 0 Å². The molecule has 0 saturated carbocycles. The first-order chi connectivity index (χ1) is 10.6. The standard InChI is InChI=1S/C20H15O2.2Li/c1-11-7-8-15-16(9-11)19(20(21)22)17-10-12(2)13-5-3-4-6-14(13)18(15)17;;/h3-10H,1-2H3,(H,21,22);;/q-1;2*+1/p-1. The van der Waals surface area contributed by atoms with Gasteiger partial charge in [-0.05, 0) is 19.2 Å². The molecule has 24 heavy (non-hydrogen) atoms. The molecule has 0 heterocycles. The Hall–Kier alpha value is -1.55. The summed E-state index contributed by atoms with van der Waals surface area (Å²) in [5.41, 5.74) is 2.44. The van der Waals surface area contributed by atoms with Crippen LogP contribution in [-0.2, 0) is 0 Å². The fourth-order valence-electron chi connectivity index (χ4n) is 3.49. The number of hydrogen-bond acceptors (Lipinski definition) is 2. The fraction of sp³-hybridized carbons (Fsp3) is 0.100. The third-order valence-corrected chi connectivity index (χ3v) is 4.44.